The number of thioether (sulfide) groups is 1. The fourth-order valence-electron chi connectivity index (χ4n) is 1.81. The van der Waals surface area contributed by atoms with E-state index in [9.17, 15) is 9.90 Å². The number of thiocarbonyl (C=S) groups is 1. The number of rotatable bonds is 1. The summed E-state index contributed by atoms with van der Waals surface area (Å²) in [5.74, 6) is 0.103. The Morgan fingerprint density at radius 3 is 2.58 bits per heavy atom. The minimum atomic E-state index is -0.324. The molecule has 100 valence electrons. The normalized spacial score (nSPS) is 18.5. The Hall–Kier alpha value is -1.33. The van der Waals surface area contributed by atoms with E-state index in [0.29, 0.717) is 9.23 Å². The number of aromatic hydroxyl groups is 1. The maximum atomic E-state index is 12.3. The molecule has 1 aliphatic heterocycles. The Morgan fingerprint density at radius 1 is 1.37 bits per heavy atom. The molecule has 1 fully saturated rings. The Kier molecular flexibility index (Phi) is 3.69. The summed E-state index contributed by atoms with van der Waals surface area (Å²) in [6.45, 7) is 5.86. The monoisotopic (exact) mass is 293 g/mol. The van der Waals surface area contributed by atoms with Crippen LogP contribution in [0.5, 0.6) is 5.75 Å². The van der Waals surface area contributed by atoms with Crippen LogP contribution in [0, 0.1) is 0 Å². The quantitative estimate of drug-likeness (QED) is 0.636. The highest BCUT2D eigenvalue weighted by Crippen LogP contribution is 2.36. The van der Waals surface area contributed by atoms with Gasteiger partial charge >= 0.3 is 0 Å². The minimum Gasteiger partial charge on any atom is -0.508 e. The van der Waals surface area contributed by atoms with Gasteiger partial charge in [0.05, 0.1) is 4.91 Å². The van der Waals surface area contributed by atoms with Gasteiger partial charge in [-0.2, -0.15) is 0 Å². The predicted molar refractivity (Wildman–Crippen MR) is 82.9 cm³/mol. The van der Waals surface area contributed by atoms with Crippen LogP contribution >= 0.6 is 24.0 Å². The van der Waals surface area contributed by atoms with E-state index in [1.807, 2.05) is 26.8 Å². The van der Waals surface area contributed by atoms with Crippen LogP contribution in [0.25, 0.3) is 6.08 Å². The molecule has 3 nitrogen and oxygen atoms in total. The average Bonchev–Trinajstić information content (AvgIpc) is 2.53. The van der Waals surface area contributed by atoms with Crippen LogP contribution in [0.1, 0.15) is 26.3 Å². The lowest BCUT2D eigenvalue weighted by Crippen LogP contribution is -2.44. The van der Waals surface area contributed by atoms with Crippen molar-refractivity contribution in [3.05, 3.63) is 34.7 Å². The van der Waals surface area contributed by atoms with Gasteiger partial charge in [0.15, 0.2) is 0 Å². The molecule has 1 N–H and O–H groups in total. The number of nitrogens with zero attached hydrogens (tertiary/aromatic N) is 1. The second-order valence-electron chi connectivity index (χ2n) is 5.28. The molecule has 0 saturated carbocycles. The van der Waals surface area contributed by atoms with Crippen LogP contribution in [0.4, 0.5) is 0 Å². The third-order valence-electron chi connectivity index (χ3n) is 2.63. The largest absolute Gasteiger partial charge is 0.508 e. The van der Waals surface area contributed by atoms with Gasteiger partial charge in [-0.05, 0) is 44.5 Å². The zero-order chi connectivity index (χ0) is 14.2. The highest BCUT2D eigenvalue weighted by Gasteiger charge is 2.38. The molecule has 0 atom stereocenters. The number of amides is 1. The topological polar surface area (TPSA) is 40.5 Å². The summed E-state index contributed by atoms with van der Waals surface area (Å²) in [5.41, 5.74) is 0.463. The van der Waals surface area contributed by atoms with E-state index in [1.54, 1.807) is 29.2 Å². The molecule has 2 rings (SSSR count). The molecule has 1 aromatic carbocycles. The smallest absolute Gasteiger partial charge is 0.266 e. The third kappa shape index (κ3) is 2.98. The maximum Gasteiger partial charge on any atom is 0.266 e. The van der Waals surface area contributed by atoms with Crippen molar-refractivity contribution in [2.24, 2.45) is 0 Å². The first-order valence-electron chi connectivity index (χ1n) is 5.86. The highest BCUT2D eigenvalue weighted by molar-refractivity contribution is 8.26. The van der Waals surface area contributed by atoms with E-state index in [1.165, 1.54) is 11.8 Å². The van der Waals surface area contributed by atoms with Gasteiger partial charge in [0.25, 0.3) is 5.91 Å². The molecular formula is C14H15NO2S2. The first-order chi connectivity index (χ1) is 8.79. The number of phenols is 1. The lowest BCUT2D eigenvalue weighted by molar-refractivity contribution is -0.125. The van der Waals surface area contributed by atoms with Crippen molar-refractivity contribution in [1.82, 2.24) is 4.90 Å². The third-order valence-corrected chi connectivity index (χ3v) is 3.93. The van der Waals surface area contributed by atoms with E-state index < -0.39 is 0 Å². The van der Waals surface area contributed by atoms with Crippen LogP contribution in [-0.2, 0) is 4.79 Å². The Bertz CT molecular complexity index is 573. The van der Waals surface area contributed by atoms with Crippen molar-refractivity contribution in [2.45, 2.75) is 26.3 Å². The number of phenolic OH excluding ortho intramolecular Hbond substituents is 1. The first-order valence-corrected chi connectivity index (χ1v) is 7.08. The lowest BCUT2D eigenvalue weighted by atomic mass is 10.1. The zero-order valence-electron chi connectivity index (χ0n) is 11.0. The summed E-state index contributed by atoms with van der Waals surface area (Å²) < 4.78 is 0.573. The van der Waals surface area contributed by atoms with Crippen LogP contribution in [0.15, 0.2) is 29.2 Å². The summed E-state index contributed by atoms with van der Waals surface area (Å²) in [6.07, 6.45) is 1.75. The minimum absolute atomic E-state index is 0.0779. The van der Waals surface area contributed by atoms with Gasteiger partial charge in [-0.3, -0.25) is 9.69 Å². The van der Waals surface area contributed by atoms with Crippen LogP contribution in [0.3, 0.4) is 0 Å². The van der Waals surface area contributed by atoms with Crippen molar-refractivity contribution >= 4 is 40.3 Å². The second-order valence-corrected chi connectivity index (χ2v) is 6.96. The molecule has 1 heterocycles. The van der Waals surface area contributed by atoms with Crippen molar-refractivity contribution in [3.63, 3.8) is 0 Å². The van der Waals surface area contributed by atoms with Gasteiger partial charge in [0.1, 0.15) is 10.1 Å². The number of carbonyl (C=O) groups is 1. The number of hydrogen-bond donors (Lipinski definition) is 1. The number of carbonyl (C=O) groups excluding carboxylic acids is 1. The Morgan fingerprint density at radius 2 is 2.05 bits per heavy atom. The van der Waals surface area contributed by atoms with E-state index in [4.69, 9.17) is 12.2 Å². The fourth-order valence-corrected chi connectivity index (χ4v) is 3.45. The lowest BCUT2D eigenvalue weighted by Gasteiger charge is -2.30. The second kappa shape index (κ2) is 4.98. The molecule has 0 aliphatic carbocycles. The summed E-state index contributed by atoms with van der Waals surface area (Å²) in [7, 11) is 0. The maximum absolute atomic E-state index is 12.3. The molecule has 1 saturated heterocycles. The summed E-state index contributed by atoms with van der Waals surface area (Å²) in [4.78, 5) is 14.6. The molecule has 19 heavy (non-hydrogen) atoms. The average molecular weight is 293 g/mol. The molecule has 0 radical (unpaired) electrons. The van der Waals surface area contributed by atoms with Gasteiger partial charge in [-0.15, -0.1) is 0 Å². The van der Waals surface area contributed by atoms with Gasteiger partial charge < -0.3 is 5.11 Å². The molecule has 1 aliphatic rings. The van der Waals surface area contributed by atoms with Gasteiger partial charge in [0.2, 0.25) is 0 Å². The summed E-state index contributed by atoms with van der Waals surface area (Å²) in [5, 5.41) is 9.43. The fraction of sp³-hybridized carbons (Fsp3) is 0.286. The van der Waals surface area contributed by atoms with E-state index >= 15 is 0 Å². The molecule has 5 heteroatoms. The van der Waals surface area contributed by atoms with Crippen molar-refractivity contribution in [1.29, 1.82) is 0 Å². The molecule has 1 amide bonds. The highest BCUT2D eigenvalue weighted by atomic mass is 32.2. The van der Waals surface area contributed by atoms with Crippen LogP contribution < -0.4 is 0 Å². The molecule has 0 aromatic heterocycles. The predicted octanol–water partition coefficient (Wildman–Crippen LogP) is 3.39. The molecule has 1 aromatic rings. The summed E-state index contributed by atoms with van der Waals surface area (Å²) >= 11 is 6.56. The Balaban J connectivity index is 2.34. The van der Waals surface area contributed by atoms with Gasteiger partial charge in [-0.25, -0.2) is 0 Å². The number of hydrogen-bond acceptors (Lipinski definition) is 4. The molecule has 0 unspecified atom stereocenters. The molecule has 0 spiro atoms. The van der Waals surface area contributed by atoms with Gasteiger partial charge in [-0.1, -0.05) is 36.1 Å². The molecule has 0 bridgehead atoms. The number of benzene rings is 1. The first kappa shape index (κ1) is 14.1. The van der Waals surface area contributed by atoms with E-state index in [2.05, 4.69) is 0 Å². The van der Waals surface area contributed by atoms with Crippen LogP contribution in [-0.4, -0.2) is 25.8 Å². The Labute approximate surface area is 122 Å². The molecular weight excluding hydrogens is 278 g/mol. The van der Waals surface area contributed by atoms with E-state index in [0.717, 1.165) is 5.56 Å². The van der Waals surface area contributed by atoms with Crippen molar-refractivity contribution < 1.29 is 9.90 Å². The standard InChI is InChI=1S/C14H15NO2S2/c1-14(2,3)15-12(17)11(19-13(15)18)8-9-5-4-6-10(16)7-9/h4-8,16H,1-3H3/b11-8-. The van der Waals surface area contributed by atoms with Crippen molar-refractivity contribution in [2.75, 3.05) is 0 Å². The summed E-state index contributed by atoms with van der Waals surface area (Å²) in [6, 6.07) is 6.79. The van der Waals surface area contributed by atoms with Crippen molar-refractivity contribution in [3.8, 4) is 5.75 Å². The van der Waals surface area contributed by atoms with Gasteiger partial charge in [0, 0.05) is 5.54 Å². The van der Waals surface area contributed by atoms with E-state index in [-0.39, 0.29) is 17.2 Å². The zero-order valence-corrected chi connectivity index (χ0v) is 12.6. The van der Waals surface area contributed by atoms with Crippen LogP contribution in [0.2, 0.25) is 0 Å². The SMILES string of the molecule is CC(C)(C)N1C(=O)/C(=C/c2cccc(O)c2)SC1=S.